The minimum Gasteiger partial charge on any atom is -0.464 e. The zero-order chi connectivity index (χ0) is 26.5. The summed E-state index contributed by atoms with van der Waals surface area (Å²) in [5, 5.41) is 15.9. The van der Waals surface area contributed by atoms with E-state index in [1.807, 2.05) is 46.6 Å². The lowest BCUT2D eigenvalue weighted by Crippen LogP contribution is -2.60. The standard InChI is InChI=1S/C25H42N4O5S/c1-9-16(4)20(27-24(33)25(5)11-10-12-28(25)6)22(31)29(7)18(15(2)3)13-19(30)21-26-17(14-35-21)23(32)34-8/h14-16,18-20,30H,9-13H2,1-8H3,(H,27,33)/t16-,18+,19-,20-,25+/m0/s1. The van der Waals surface area contributed by atoms with Gasteiger partial charge in [0.2, 0.25) is 11.8 Å². The van der Waals surface area contributed by atoms with Crippen LogP contribution < -0.4 is 5.32 Å². The number of esters is 1. The van der Waals surface area contributed by atoms with E-state index in [4.69, 9.17) is 4.74 Å². The Morgan fingerprint density at radius 1 is 1.34 bits per heavy atom. The first-order valence-electron chi connectivity index (χ1n) is 12.4. The van der Waals surface area contributed by atoms with Crippen molar-refractivity contribution in [3.05, 3.63) is 16.1 Å². The van der Waals surface area contributed by atoms with E-state index in [9.17, 15) is 19.5 Å². The second kappa shape index (κ2) is 12.3. The van der Waals surface area contributed by atoms with Crippen LogP contribution in [0.3, 0.4) is 0 Å². The number of carbonyl (C=O) groups excluding carboxylic acids is 3. The fourth-order valence-electron chi connectivity index (χ4n) is 4.59. The number of hydrogen-bond acceptors (Lipinski definition) is 8. The maximum atomic E-state index is 13.7. The largest absolute Gasteiger partial charge is 0.464 e. The van der Waals surface area contributed by atoms with Crippen LogP contribution in [0.4, 0.5) is 0 Å². The molecule has 1 aromatic rings. The summed E-state index contributed by atoms with van der Waals surface area (Å²) in [4.78, 5) is 46.6. The molecular formula is C25H42N4O5S. The lowest BCUT2D eigenvalue weighted by Gasteiger charge is -2.38. The summed E-state index contributed by atoms with van der Waals surface area (Å²) in [6.07, 6.45) is 1.76. The smallest absolute Gasteiger partial charge is 0.357 e. The van der Waals surface area contributed by atoms with Gasteiger partial charge in [0.25, 0.3) is 0 Å². The normalized spacial score (nSPS) is 21.9. The van der Waals surface area contributed by atoms with Crippen LogP contribution in [0, 0.1) is 11.8 Å². The molecule has 5 atom stereocenters. The number of rotatable bonds is 11. The number of aromatic nitrogens is 1. The molecule has 0 aliphatic carbocycles. The van der Waals surface area contributed by atoms with Crippen molar-refractivity contribution in [1.29, 1.82) is 0 Å². The number of ether oxygens (including phenoxy) is 1. The number of methoxy groups -OCH3 is 1. The molecule has 0 aromatic carbocycles. The van der Waals surface area contributed by atoms with E-state index in [0.717, 1.165) is 25.8 Å². The monoisotopic (exact) mass is 510 g/mol. The molecular weight excluding hydrogens is 468 g/mol. The third-order valence-corrected chi connectivity index (χ3v) is 8.48. The SMILES string of the molecule is CC[C@H](C)[C@H](NC(=O)[C@@]1(C)CCCN1C)C(=O)N(C)[C@H](C[C@H](O)c1nc(C(=O)OC)cs1)C(C)C. The predicted octanol–water partition coefficient (Wildman–Crippen LogP) is 2.85. The number of thiazole rings is 1. The molecule has 1 aliphatic rings. The summed E-state index contributed by atoms with van der Waals surface area (Å²) in [6, 6.07) is -0.955. The van der Waals surface area contributed by atoms with Gasteiger partial charge in [0.15, 0.2) is 5.69 Å². The molecule has 0 bridgehead atoms. The molecule has 2 N–H and O–H groups in total. The minimum atomic E-state index is -0.941. The van der Waals surface area contributed by atoms with Crippen molar-refractivity contribution in [3.63, 3.8) is 0 Å². The molecule has 1 fully saturated rings. The minimum absolute atomic E-state index is 0.0467. The average Bonchev–Trinajstić information content (AvgIpc) is 3.46. The number of carbonyl (C=O) groups is 3. The van der Waals surface area contributed by atoms with Gasteiger partial charge in [0.1, 0.15) is 17.2 Å². The lowest BCUT2D eigenvalue weighted by atomic mass is 9.91. The van der Waals surface area contributed by atoms with Crippen LogP contribution in [0.2, 0.25) is 0 Å². The van der Waals surface area contributed by atoms with Crippen LogP contribution in [0.5, 0.6) is 0 Å². The Kier molecular flexibility index (Phi) is 10.2. The van der Waals surface area contributed by atoms with Gasteiger partial charge in [0, 0.05) is 24.9 Å². The number of likely N-dealkylation sites (tertiary alicyclic amines) is 1. The van der Waals surface area contributed by atoms with Crippen LogP contribution in [-0.4, -0.2) is 83.0 Å². The number of aliphatic hydroxyl groups is 1. The highest BCUT2D eigenvalue weighted by Crippen LogP contribution is 2.30. The fraction of sp³-hybridized carbons (Fsp3) is 0.760. The fourth-order valence-corrected chi connectivity index (χ4v) is 5.38. The summed E-state index contributed by atoms with van der Waals surface area (Å²) in [7, 11) is 4.95. The van der Waals surface area contributed by atoms with Gasteiger partial charge in [-0.05, 0) is 45.2 Å². The quantitative estimate of drug-likeness (QED) is 0.440. The molecule has 35 heavy (non-hydrogen) atoms. The summed E-state index contributed by atoms with van der Waals surface area (Å²) < 4.78 is 4.69. The Balaban J connectivity index is 2.20. The summed E-state index contributed by atoms with van der Waals surface area (Å²) >= 11 is 1.19. The maximum absolute atomic E-state index is 13.7. The number of nitrogens with zero attached hydrogens (tertiary/aromatic N) is 3. The third kappa shape index (κ3) is 6.59. The van der Waals surface area contributed by atoms with E-state index >= 15 is 0 Å². The molecule has 2 rings (SSSR count). The molecule has 1 aliphatic heterocycles. The molecule has 0 unspecified atom stereocenters. The van der Waals surface area contributed by atoms with Crippen molar-refractivity contribution < 1.29 is 24.2 Å². The van der Waals surface area contributed by atoms with Crippen molar-refractivity contribution >= 4 is 29.1 Å². The van der Waals surface area contributed by atoms with Gasteiger partial charge in [0.05, 0.1) is 12.6 Å². The van der Waals surface area contributed by atoms with E-state index in [2.05, 4.69) is 10.3 Å². The predicted molar refractivity (Wildman–Crippen MR) is 136 cm³/mol. The van der Waals surface area contributed by atoms with E-state index in [1.54, 1.807) is 17.3 Å². The van der Waals surface area contributed by atoms with Gasteiger partial charge >= 0.3 is 5.97 Å². The highest BCUT2D eigenvalue weighted by Gasteiger charge is 2.43. The van der Waals surface area contributed by atoms with Crippen LogP contribution in [-0.2, 0) is 14.3 Å². The molecule has 0 spiro atoms. The Morgan fingerprint density at radius 3 is 2.51 bits per heavy atom. The van der Waals surface area contributed by atoms with Crippen LogP contribution >= 0.6 is 11.3 Å². The first-order valence-corrected chi connectivity index (χ1v) is 13.3. The zero-order valence-electron chi connectivity index (χ0n) is 22.3. The number of nitrogens with one attached hydrogen (secondary N) is 1. The Bertz CT molecular complexity index is 891. The summed E-state index contributed by atoms with van der Waals surface area (Å²) in [5.41, 5.74) is -0.470. The zero-order valence-corrected chi connectivity index (χ0v) is 23.1. The van der Waals surface area contributed by atoms with Gasteiger partial charge < -0.3 is 20.1 Å². The molecule has 198 valence electrons. The second-order valence-electron chi connectivity index (χ2n) is 10.2. The maximum Gasteiger partial charge on any atom is 0.357 e. The number of aliphatic hydroxyl groups excluding tert-OH is 1. The Hall–Kier alpha value is -2.04. The van der Waals surface area contributed by atoms with Crippen molar-refractivity contribution in [2.24, 2.45) is 11.8 Å². The highest BCUT2D eigenvalue weighted by molar-refractivity contribution is 7.09. The van der Waals surface area contributed by atoms with Gasteiger partial charge in [-0.15, -0.1) is 11.3 Å². The molecule has 1 aromatic heterocycles. The second-order valence-corrected chi connectivity index (χ2v) is 11.1. The first-order chi connectivity index (χ1) is 16.4. The average molecular weight is 511 g/mol. The Morgan fingerprint density at radius 2 is 2.00 bits per heavy atom. The van der Waals surface area contributed by atoms with E-state index in [0.29, 0.717) is 5.01 Å². The van der Waals surface area contributed by atoms with E-state index in [-0.39, 0.29) is 41.8 Å². The molecule has 10 heteroatoms. The first kappa shape index (κ1) is 29.2. The van der Waals surface area contributed by atoms with Crippen molar-refractivity contribution in [2.75, 3.05) is 27.7 Å². The molecule has 0 radical (unpaired) electrons. The topological polar surface area (TPSA) is 112 Å². The molecule has 2 heterocycles. The molecule has 1 saturated heterocycles. The van der Waals surface area contributed by atoms with Crippen LogP contribution in [0.15, 0.2) is 5.38 Å². The number of amides is 2. The van der Waals surface area contributed by atoms with Gasteiger partial charge in [-0.2, -0.15) is 0 Å². The molecule has 9 nitrogen and oxygen atoms in total. The van der Waals surface area contributed by atoms with Gasteiger partial charge in [-0.25, -0.2) is 9.78 Å². The van der Waals surface area contributed by atoms with Crippen molar-refractivity contribution in [3.8, 4) is 0 Å². The van der Waals surface area contributed by atoms with E-state index < -0.39 is 23.7 Å². The Labute approximate surface area is 213 Å². The van der Waals surface area contributed by atoms with Crippen LogP contribution in [0.1, 0.15) is 81.9 Å². The van der Waals surface area contributed by atoms with Gasteiger partial charge in [-0.1, -0.05) is 34.1 Å². The third-order valence-electron chi connectivity index (χ3n) is 7.54. The molecule has 2 amide bonds. The molecule has 0 saturated carbocycles. The van der Waals surface area contributed by atoms with Gasteiger partial charge in [-0.3, -0.25) is 14.5 Å². The van der Waals surface area contributed by atoms with Crippen molar-refractivity contribution in [2.45, 2.75) is 84.0 Å². The number of likely N-dealkylation sites (N-methyl/N-ethyl adjacent to an activating group) is 2. The van der Waals surface area contributed by atoms with Crippen molar-refractivity contribution in [1.82, 2.24) is 20.1 Å². The number of hydrogen-bond donors (Lipinski definition) is 2. The van der Waals surface area contributed by atoms with E-state index in [1.165, 1.54) is 18.4 Å². The summed E-state index contributed by atoms with van der Waals surface area (Å²) in [5.74, 6) is -0.851. The summed E-state index contributed by atoms with van der Waals surface area (Å²) in [6.45, 7) is 10.8. The van der Waals surface area contributed by atoms with Crippen LogP contribution in [0.25, 0.3) is 0 Å². The highest BCUT2D eigenvalue weighted by atomic mass is 32.1. The lowest BCUT2D eigenvalue weighted by molar-refractivity contribution is -0.142.